The van der Waals surface area contributed by atoms with Gasteiger partial charge in [-0.1, -0.05) is 38.0 Å². The average molecular weight is 171 g/mol. The molecule has 0 saturated heterocycles. The minimum atomic E-state index is 0.496. The second kappa shape index (κ2) is 5.79. The van der Waals surface area contributed by atoms with Crippen molar-refractivity contribution < 1.29 is 0 Å². The van der Waals surface area contributed by atoms with E-state index in [1.165, 1.54) is 6.08 Å². The molecule has 0 radical (unpaired) electrons. The summed E-state index contributed by atoms with van der Waals surface area (Å²) in [6, 6.07) is 2.00. The minimum Gasteiger partial charge on any atom is -0.192 e. The summed E-state index contributed by atoms with van der Waals surface area (Å²) >= 11 is 0. The number of nitrogens with zero attached hydrogens (tertiary/aromatic N) is 1. The lowest BCUT2D eigenvalue weighted by Crippen LogP contribution is -1.80. The largest absolute Gasteiger partial charge is 0.192 e. The summed E-state index contributed by atoms with van der Waals surface area (Å²) in [5.41, 5.74) is 2.03. The van der Waals surface area contributed by atoms with Crippen molar-refractivity contribution in [2.24, 2.45) is 0 Å². The van der Waals surface area contributed by atoms with Crippen LogP contribution in [0, 0.1) is 11.3 Å². The Balaban J connectivity index is 4.65. The second-order valence-electron chi connectivity index (χ2n) is 2.47. The molecule has 0 aliphatic heterocycles. The summed E-state index contributed by atoms with van der Waals surface area (Å²) in [5, 5.41) is 8.61. The zero-order valence-corrected chi connectivity index (χ0v) is 7.88. The van der Waals surface area contributed by atoms with Crippen molar-refractivity contribution in [3.05, 3.63) is 60.8 Å². The van der Waals surface area contributed by atoms with Crippen molar-refractivity contribution in [3.63, 3.8) is 0 Å². The fraction of sp³-hybridized carbons (Fsp3) is 0.0833. The van der Waals surface area contributed by atoms with Crippen LogP contribution in [0.3, 0.4) is 0 Å². The van der Waals surface area contributed by atoms with Crippen LogP contribution < -0.4 is 0 Å². The third-order valence-corrected chi connectivity index (χ3v) is 1.46. The highest BCUT2D eigenvalue weighted by molar-refractivity contribution is 5.48. The van der Waals surface area contributed by atoms with Crippen molar-refractivity contribution in [1.29, 1.82) is 5.26 Å². The summed E-state index contributed by atoms with van der Waals surface area (Å²) in [5.74, 6) is 0. The predicted octanol–water partition coefficient (Wildman–Crippen LogP) is 3.31. The van der Waals surface area contributed by atoms with Crippen LogP contribution in [0.5, 0.6) is 0 Å². The molecule has 0 rings (SSSR count). The molecule has 0 N–H and O–H groups in total. The lowest BCUT2D eigenvalue weighted by molar-refractivity contribution is 1.48. The summed E-state index contributed by atoms with van der Waals surface area (Å²) in [4.78, 5) is 0. The fourth-order valence-corrected chi connectivity index (χ4v) is 0.725. The molecule has 0 aromatic rings. The van der Waals surface area contributed by atoms with Crippen LogP contribution in [0.4, 0.5) is 0 Å². The van der Waals surface area contributed by atoms with E-state index in [9.17, 15) is 0 Å². The predicted molar refractivity (Wildman–Crippen MR) is 57.0 cm³/mol. The third kappa shape index (κ3) is 3.93. The van der Waals surface area contributed by atoms with Gasteiger partial charge in [0.05, 0.1) is 11.6 Å². The summed E-state index contributed by atoms with van der Waals surface area (Å²) in [6.45, 7) is 13.0. The first-order valence-corrected chi connectivity index (χ1v) is 3.90. The topological polar surface area (TPSA) is 23.8 Å². The molecule has 0 unspecified atom stereocenters. The summed E-state index contributed by atoms with van der Waals surface area (Å²) < 4.78 is 0. The minimum absolute atomic E-state index is 0.496. The number of rotatable bonds is 4. The van der Waals surface area contributed by atoms with E-state index >= 15 is 0 Å². The SMILES string of the molecule is C=C/C(C#N)=C\C(=C)C(=C)/C=C\C. The van der Waals surface area contributed by atoms with E-state index in [1.807, 2.05) is 25.1 Å². The van der Waals surface area contributed by atoms with Gasteiger partial charge in [-0.2, -0.15) is 5.26 Å². The molecular weight excluding hydrogens is 158 g/mol. The second-order valence-corrected chi connectivity index (χ2v) is 2.47. The van der Waals surface area contributed by atoms with E-state index in [0.717, 1.165) is 11.1 Å². The maximum atomic E-state index is 8.61. The van der Waals surface area contributed by atoms with Crippen LogP contribution in [0.15, 0.2) is 60.8 Å². The fourth-order valence-electron chi connectivity index (χ4n) is 0.725. The van der Waals surface area contributed by atoms with Gasteiger partial charge >= 0.3 is 0 Å². The Kier molecular flexibility index (Phi) is 4.99. The van der Waals surface area contributed by atoms with Crippen LogP contribution >= 0.6 is 0 Å². The first-order valence-electron chi connectivity index (χ1n) is 3.90. The molecule has 1 nitrogen and oxygen atoms in total. The molecule has 66 valence electrons. The molecule has 0 atom stereocenters. The molecule has 0 amide bonds. The maximum absolute atomic E-state index is 8.61. The van der Waals surface area contributed by atoms with E-state index < -0.39 is 0 Å². The molecule has 0 aromatic heterocycles. The normalized spacial score (nSPS) is 10.9. The molecule has 0 aliphatic rings. The number of hydrogen-bond acceptors (Lipinski definition) is 1. The van der Waals surface area contributed by atoms with Crippen molar-refractivity contribution in [1.82, 2.24) is 0 Å². The first kappa shape index (κ1) is 11.2. The highest BCUT2D eigenvalue weighted by Crippen LogP contribution is 2.11. The van der Waals surface area contributed by atoms with E-state index in [-0.39, 0.29) is 0 Å². The Labute approximate surface area is 79.7 Å². The quantitative estimate of drug-likeness (QED) is 0.470. The standard InChI is InChI=1S/C12H13N/c1-5-7-10(3)11(4)8-12(6-2)9-13/h5-8H,2-4H2,1H3/b7-5-,12-8+. The van der Waals surface area contributed by atoms with Crippen molar-refractivity contribution in [2.75, 3.05) is 0 Å². The zero-order valence-electron chi connectivity index (χ0n) is 7.88. The van der Waals surface area contributed by atoms with Crippen LogP contribution in [0.1, 0.15) is 6.92 Å². The number of hydrogen-bond donors (Lipinski definition) is 0. The van der Waals surface area contributed by atoms with Crippen molar-refractivity contribution in [2.45, 2.75) is 6.92 Å². The van der Waals surface area contributed by atoms with E-state index in [1.54, 1.807) is 6.08 Å². The Morgan fingerprint density at radius 2 is 1.92 bits per heavy atom. The van der Waals surface area contributed by atoms with Gasteiger partial charge in [0.1, 0.15) is 0 Å². The van der Waals surface area contributed by atoms with Gasteiger partial charge in [0, 0.05) is 0 Å². The molecule has 0 spiro atoms. The monoisotopic (exact) mass is 171 g/mol. The molecule has 0 aliphatic carbocycles. The van der Waals surface area contributed by atoms with Gasteiger partial charge in [0.25, 0.3) is 0 Å². The van der Waals surface area contributed by atoms with Crippen LogP contribution in [0.25, 0.3) is 0 Å². The molecule has 0 fully saturated rings. The third-order valence-electron chi connectivity index (χ3n) is 1.46. The number of nitriles is 1. The van der Waals surface area contributed by atoms with Gasteiger partial charge in [0.2, 0.25) is 0 Å². The smallest absolute Gasteiger partial charge is 0.0991 e. The van der Waals surface area contributed by atoms with Crippen molar-refractivity contribution in [3.8, 4) is 6.07 Å². The highest BCUT2D eigenvalue weighted by atomic mass is 14.2. The van der Waals surface area contributed by atoms with Gasteiger partial charge in [0.15, 0.2) is 0 Å². The molecule has 0 heterocycles. The number of allylic oxidation sites excluding steroid dienone is 7. The summed E-state index contributed by atoms with van der Waals surface area (Å²) in [6.07, 6.45) is 6.88. The lowest BCUT2D eigenvalue weighted by Gasteiger charge is -1.97. The molecular formula is C12H13N. The molecule has 0 saturated carbocycles. The van der Waals surface area contributed by atoms with Gasteiger partial charge in [-0.05, 0) is 24.1 Å². The Morgan fingerprint density at radius 3 is 2.31 bits per heavy atom. The Bertz CT molecular complexity index is 322. The van der Waals surface area contributed by atoms with E-state index in [2.05, 4.69) is 19.7 Å². The van der Waals surface area contributed by atoms with Gasteiger partial charge in [-0.3, -0.25) is 0 Å². The first-order chi connectivity index (χ1) is 6.15. The van der Waals surface area contributed by atoms with E-state index in [0.29, 0.717) is 5.57 Å². The van der Waals surface area contributed by atoms with Crippen LogP contribution in [-0.4, -0.2) is 0 Å². The molecule has 0 aromatic carbocycles. The van der Waals surface area contributed by atoms with Crippen LogP contribution in [0.2, 0.25) is 0 Å². The zero-order chi connectivity index (χ0) is 10.3. The lowest BCUT2D eigenvalue weighted by atomic mass is 10.1. The van der Waals surface area contributed by atoms with Gasteiger partial charge in [-0.15, -0.1) is 0 Å². The molecule has 13 heavy (non-hydrogen) atoms. The summed E-state index contributed by atoms with van der Waals surface area (Å²) in [7, 11) is 0. The maximum Gasteiger partial charge on any atom is 0.0991 e. The van der Waals surface area contributed by atoms with Crippen molar-refractivity contribution >= 4 is 0 Å². The Morgan fingerprint density at radius 1 is 1.31 bits per heavy atom. The van der Waals surface area contributed by atoms with Gasteiger partial charge < -0.3 is 0 Å². The molecule has 0 bridgehead atoms. The van der Waals surface area contributed by atoms with Gasteiger partial charge in [-0.25, -0.2) is 0 Å². The Hall–Kier alpha value is -1.81. The highest BCUT2D eigenvalue weighted by Gasteiger charge is 1.93. The average Bonchev–Trinajstić information content (AvgIpc) is 2.14. The molecule has 1 heteroatoms. The van der Waals surface area contributed by atoms with E-state index in [4.69, 9.17) is 5.26 Å². The van der Waals surface area contributed by atoms with Crippen LogP contribution in [-0.2, 0) is 0 Å².